The van der Waals surface area contributed by atoms with Gasteiger partial charge in [0.1, 0.15) is 0 Å². The van der Waals surface area contributed by atoms with Crippen LogP contribution in [0, 0.1) is 0 Å². The molecule has 0 unspecified atom stereocenters. The minimum atomic E-state index is 0.731. The van der Waals surface area contributed by atoms with Crippen LogP contribution < -0.4 is 0 Å². The molecule has 1 heterocycles. The number of hydrogen-bond donors (Lipinski definition) is 0. The second-order valence-electron chi connectivity index (χ2n) is 6.03. The van der Waals surface area contributed by atoms with Crippen LogP contribution in [0.2, 0.25) is 5.02 Å². The summed E-state index contributed by atoms with van der Waals surface area (Å²) in [6.07, 6.45) is 2.11. The van der Waals surface area contributed by atoms with Gasteiger partial charge in [0.25, 0.3) is 0 Å². The van der Waals surface area contributed by atoms with Crippen molar-refractivity contribution in [3.05, 3.63) is 94.6 Å². The number of fused-ring (bicyclic) bond motifs is 4. The van der Waals surface area contributed by atoms with Gasteiger partial charge >= 0.3 is 0 Å². The number of nitrogens with zero attached hydrogens (tertiary/aromatic N) is 2. The predicted molar refractivity (Wildman–Crippen MR) is 103 cm³/mol. The summed E-state index contributed by atoms with van der Waals surface area (Å²) in [5, 5.41) is 0.731. The topological polar surface area (TPSA) is 25.8 Å². The third kappa shape index (κ3) is 2.26. The second-order valence-corrected chi connectivity index (χ2v) is 6.44. The molecule has 4 aromatic rings. The van der Waals surface area contributed by atoms with Crippen LogP contribution in [0.1, 0.15) is 16.8 Å². The standard InChI is InChI=1S/C22H13ClN2/c23-18-10-4-1-7-14(18)13-17-15-8-2-3-9-16(15)21-22(17)25-20-12-6-5-11-19(20)24-21/h1-13H. The summed E-state index contributed by atoms with van der Waals surface area (Å²) >= 11 is 6.37. The lowest BCUT2D eigenvalue weighted by Crippen LogP contribution is -1.92. The molecule has 0 amide bonds. The number of hydrogen-bond acceptors (Lipinski definition) is 2. The highest BCUT2D eigenvalue weighted by molar-refractivity contribution is 6.32. The normalized spacial score (nSPS) is 13.9. The van der Waals surface area contributed by atoms with Gasteiger partial charge in [-0.05, 0) is 35.4 Å². The summed E-state index contributed by atoms with van der Waals surface area (Å²) in [7, 11) is 0. The van der Waals surface area contributed by atoms with Crippen LogP contribution in [-0.2, 0) is 0 Å². The molecular formula is C22H13ClN2. The number of aromatic nitrogens is 2. The Morgan fingerprint density at radius 3 is 2.00 bits per heavy atom. The molecule has 5 rings (SSSR count). The highest BCUT2D eigenvalue weighted by Gasteiger charge is 2.26. The monoisotopic (exact) mass is 340 g/mol. The maximum Gasteiger partial charge on any atom is 0.0979 e. The zero-order valence-electron chi connectivity index (χ0n) is 13.3. The highest BCUT2D eigenvalue weighted by atomic mass is 35.5. The first kappa shape index (κ1) is 14.4. The van der Waals surface area contributed by atoms with E-state index in [1.54, 1.807) is 0 Å². The minimum Gasteiger partial charge on any atom is -0.244 e. The van der Waals surface area contributed by atoms with Crippen molar-refractivity contribution in [2.45, 2.75) is 0 Å². The van der Waals surface area contributed by atoms with Crippen molar-refractivity contribution >= 4 is 34.3 Å². The molecule has 3 aromatic carbocycles. The Kier molecular flexibility index (Phi) is 3.19. The molecule has 0 bridgehead atoms. The molecule has 0 saturated carbocycles. The molecule has 1 aliphatic rings. The summed E-state index contributed by atoms with van der Waals surface area (Å²) in [5.41, 5.74) is 7.98. The summed E-state index contributed by atoms with van der Waals surface area (Å²) in [4.78, 5) is 9.78. The van der Waals surface area contributed by atoms with Gasteiger partial charge in [-0.15, -0.1) is 0 Å². The maximum absolute atomic E-state index is 6.37. The van der Waals surface area contributed by atoms with Crippen LogP contribution in [0.25, 0.3) is 33.9 Å². The minimum absolute atomic E-state index is 0.731. The van der Waals surface area contributed by atoms with E-state index >= 15 is 0 Å². The fourth-order valence-corrected chi connectivity index (χ4v) is 3.51. The van der Waals surface area contributed by atoms with E-state index in [0.29, 0.717) is 0 Å². The predicted octanol–water partition coefficient (Wildman–Crippen LogP) is 5.85. The van der Waals surface area contributed by atoms with E-state index in [1.807, 2.05) is 60.7 Å². The molecule has 0 saturated heterocycles. The SMILES string of the molecule is Clc1ccccc1C=C1c2ccccc2-c2nc3ccccc3nc21. The van der Waals surface area contributed by atoms with Gasteiger partial charge in [-0.25, -0.2) is 9.97 Å². The molecule has 2 nitrogen and oxygen atoms in total. The van der Waals surface area contributed by atoms with Crippen LogP contribution in [0.15, 0.2) is 72.8 Å². The Bertz CT molecular complexity index is 1160. The van der Waals surface area contributed by atoms with Crippen molar-refractivity contribution in [2.75, 3.05) is 0 Å². The summed E-state index contributed by atoms with van der Waals surface area (Å²) in [6, 6.07) is 24.1. The molecule has 118 valence electrons. The van der Waals surface area contributed by atoms with Gasteiger partial charge in [0.2, 0.25) is 0 Å². The molecule has 0 N–H and O–H groups in total. The van der Waals surface area contributed by atoms with Gasteiger partial charge < -0.3 is 0 Å². The van der Waals surface area contributed by atoms with E-state index < -0.39 is 0 Å². The largest absolute Gasteiger partial charge is 0.244 e. The van der Waals surface area contributed by atoms with Crippen LogP contribution >= 0.6 is 11.6 Å². The fraction of sp³-hybridized carbons (Fsp3) is 0. The number of halogens is 1. The quantitative estimate of drug-likeness (QED) is 0.382. The Morgan fingerprint density at radius 2 is 1.24 bits per heavy atom. The Morgan fingerprint density at radius 1 is 0.640 bits per heavy atom. The average molecular weight is 341 g/mol. The van der Waals surface area contributed by atoms with E-state index in [-0.39, 0.29) is 0 Å². The van der Waals surface area contributed by atoms with Gasteiger partial charge in [-0.3, -0.25) is 0 Å². The van der Waals surface area contributed by atoms with E-state index in [2.05, 4.69) is 18.2 Å². The van der Waals surface area contributed by atoms with Gasteiger partial charge in [-0.2, -0.15) is 0 Å². The van der Waals surface area contributed by atoms with Crippen molar-refractivity contribution in [1.82, 2.24) is 9.97 Å². The van der Waals surface area contributed by atoms with Gasteiger partial charge in [0.05, 0.1) is 22.4 Å². The molecule has 0 fully saturated rings. The Balaban J connectivity index is 1.84. The fourth-order valence-electron chi connectivity index (χ4n) is 3.32. The number of para-hydroxylation sites is 2. The summed E-state index contributed by atoms with van der Waals surface area (Å²) in [5.74, 6) is 0. The van der Waals surface area contributed by atoms with Crippen LogP contribution in [0.4, 0.5) is 0 Å². The summed E-state index contributed by atoms with van der Waals surface area (Å²) < 4.78 is 0. The van der Waals surface area contributed by atoms with E-state index in [0.717, 1.165) is 49.7 Å². The van der Waals surface area contributed by atoms with Crippen molar-refractivity contribution in [3.8, 4) is 11.3 Å². The third-order valence-corrected chi connectivity index (χ3v) is 4.85. The van der Waals surface area contributed by atoms with E-state index in [4.69, 9.17) is 21.6 Å². The number of benzene rings is 3. The molecule has 1 aromatic heterocycles. The smallest absolute Gasteiger partial charge is 0.0979 e. The first-order valence-corrected chi connectivity index (χ1v) is 8.52. The molecule has 0 radical (unpaired) electrons. The molecule has 1 aliphatic carbocycles. The lowest BCUT2D eigenvalue weighted by Gasteiger charge is -2.05. The second kappa shape index (κ2) is 5.54. The Labute approximate surface area is 150 Å². The molecular weight excluding hydrogens is 328 g/mol. The van der Waals surface area contributed by atoms with Crippen molar-refractivity contribution in [3.63, 3.8) is 0 Å². The molecule has 0 spiro atoms. The number of rotatable bonds is 1. The van der Waals surface area contributed by atoms with Crippen molar-refractivity contribution < 1.29 is 0 Å². The van der Waals surface area contributed by atoms with Gasteiger partial charge in [0, 0.05) is 16.2 Å². The molecule has 0 atom stereocenters. The third-order valence-electron chi connectivity index (χ3n) is 4.50. The lowest BCUT2D eigenvalue weighted by molar-refractivity contribution is 1.28. The highest BCUT2D eigenvalue weighted by Crippen LogP contribution is 2.43. The zero-order chi connectivity index (χ0) is 16.8. The molecule has 0 aliphatic heterocycles. The van der Waals surface area contributed by atoms with Crippen molar-refractivity contribution in [1.29, 1.82) is 0 Å². The van der Waals surface area contributed by atoms with Crippen LogP contribution in [-0.4, -0.2) is 9.97 Å². The van der Waals surface area contributed by atoms with E-state index in [9.17, 15) is 0 Å². The molecule has 25 heavy (non-hydrogen) atoms. The van der Waals surface area contributed by atoms with Crippen LogP contribution in [0.5, 0.6) is 0 Å². The van der Waals surface area contributed by atoms with Crippen molar-refractivity contribution in [2.24, 2.45) is 0 Å². The first-order valence-electron chi connectivity index (χ1n) is 8.14. The zero-order valence-corrected chi connectivity index (χ0v) is 14.0. The maximum atomic E-state index is 6.37. The average Bonchev–Trinajstić information content (AvgIpc) is 2.95. The summed E-state index contributed by atoms with van der Waals surface area (Å²) in [6.45, 7) is 0. The van der Waals surface area contributed by atoms with Gasteiger partial charge in [0.15, 0.2) is 0 Å². The van der Waals surface area contributed by atoms with Crippen LogP contribution in [0.3, 0.4) is 0 Å². The molecule has 3 heteroatoms. The Hall–Kier alpha value is -2.97. The first-order chi connectivity index (χ1) is 12.3. The van der Waals surface area contributed by atoms with E-state index in [1.165, 1.54) is 0 Å². The van der Waals surface area contributed by atoms with Gasteiger partial charge in [-0.1, -0.05) is 66.2 Å². The lowest BCUT2D eigenvalue weighted by atomic mass is 10.0.